The standard InChI is InChI=1S/C21H21N9O/c22-18-16-5-8-30(15-3-6-24-7-4-15)20(16)27-21(26-18)29-11-9-28(10-12-29)17-2-1-14(13-25-17)19(23)31/h1-8,13H,9-12H2,(H2,23,31)(H2,22,26,27). The molecule has 4 aromatic rings. The molecule has 1 aliphatic heterocycles. The molecule has 0 radical (unpaired) electrons. The van der Waals surface area contributed by atoms with E-state index in [9.17, 15) is 4.79 Å². The molecule has 31 heavy (non-hydrogen) atoms. The zero-order valence-electron chi connectivity index (χ0n) is 16.7. The van der Waals surface area contributed by atoms with Gasteiger partial charge >= 0.3 is 0 Å². The Kier molecular flexibility index (Phi) is 4.58. The van der Waals surface area contributed by atoms with Crippen molar-refractivity contribution in [1.82, 2.24) is 24.5 Å². The molecule has 10 heteroatoms. The van der Waals surface area contributed by atoms with Gasteiger partial charge in [0.25, 0.3) is 0 Å². The van der Waals surface area contributed by atoms with E-state index >= 15 is 0 Å². The quantitative estimate of drug-likeness (QED) is 0.508. The summed E-state index contributed by atoms with van der Waals surface area (Å²) in [5, 5.41) is 0.818. The van der Waals surface area contributed by atoms with Gasteiger partial charge in [0.1, 0.15) is 11.6 Å². The highest BCUT2D eigenvalue weighted by Gasteiger charge is 2.22. The first-order chi connectivity index (χ1) is 15.1. The topological polar surface area (TPSA) is 132 Å². The summed E-state index contributed by atoms with van der Waals surface area (Å²) in [6, 6.07) is 9.29. The van der Waals surface area contributed by atoms with Crippen LogP contribution in [0.25, 0.3) is 16.7 Å². The van der Waals surface area contributed by atoms with Crippen LogP contribution < -0.4 is 21.3 Å². The fourth-order valence-electron chi connectivity index (χ4n) is 3.73. The molecule has 0 saturated carbocycles. The summed E-state index contributed by atoms with van der Waals surface area (Å²) in [5.74, 6) is 1.40. The van der Waals surface area contributed by atoms with E-state index < -0.39 is 5.91 Å². The zero-order valence-corrected chi connectivity index (χ0v) is 16.7. The monoisotopic (exact) mass is 415 g/mol. The molecule has 1 fully saturated rings. The fourth-order valence-corrected chi connectivity index (χ4v) is 3.73. The lowest BCUT2D eigenvalue weighted by atomic mass is 10.2. The number of nitrogens with two attached hydrogens (primary N) is 2. The van der Waals surface area contributed by atoms with Crippen molar-refractivity contribution >= 4 is 34.5 Å². The van der Waals surface area contributed by atoms with E-state index in [0.29, 0.717) is 17.3 Å². The Morgan fingerprint density at radius 3 is 2.35 bits per heavy atom. The number of carbonyl (C=O) groups excluding carboxylic acids is 1. The number of primary amides is 1. The highest BCUT2D eigenvalue weighted by Crippen LogP contribution is 2.26. The molecule has 4 N–H and O–H groups in total. The highest BCUT2D eigenvalue weighted by atomic mass is 16.1. The molecule has 5 rings (SSSR count). The van der Waals surface area contributed by atoms with Crippen molar-refractivity contribution in [1.29, 1.82) is 0 Å². The van der Waals surface area contributed by atoms with Gasteiger partial charge in [-0.2, -0.15) is 9.97 Å². The van der Waals surface area contributed by atoms with Gasteiger partial charge in [-0.25, -0.2) is 4.98 Å². The largest absolute Gasteiger partial charge is 0.383 e. The highest BCUT2D eigenvalue weighted by molar-refractivity contribution is 5.92. The molecule has 1 aliphatic rings. The Morgan fingerprint density at radius 1 is 0.935 bits per heavy atom. The van der Waals surface area contributed by atoms with E-state index in [2.05, 4.69) is 24.8 Å². The van der Waals surface area contributed by atoms with E-state index in [-0.39, 0.29) is 0 Å². The molecule has 0 spiro atoms. The number of piperazine rings is 1. The third-order valence-corrected chi connectivity index (χ3v) is 5.42. The third kappa shape index (κ3) is 3.48. The number of anilines is 3. The maximum Gasteiger partial charge on any atom is 0.250 e. The van der Waals surface area contributed by atoms with Crippen LogP contribution in [-0.2, 0) is 0 Å². The Bertz CT molecular complexity index is 1230. The molecule has 4 aromatic heterocycles. The van der Waals surface area contributed by atoms with Gasteiger partial charge in [-0.1, -0.05) is 0 Å². The fraction of sp³-hybridized carbons (Fsp3) is 0.190. The predicted molar refractivity (Wildman–Crippen MR) is 118 cm³/mol. The van der Waals surface area contributed by atoms with Gasteiger partial charge in [0.2, 0.25) is 11.9 Å². The summed E-state index contributed by atoms with van der Waals surface area (Å²) in [4.78, 5) is 33.3. The Labute approximate surface area is 178 Å². The molecular weight excluding hydrogens is 394 g/mol. The number of pyridine rings is 2. The first-order valence-electron chi connectivity index (χ1n) is 9.91. The van der Waals surface area contributed by atoms with Crippen LogP contribution in [0.2, 0.25) is 0 Å². The second-order valence-corrected chi connectivity index (χ2v) is 7.28. The minimum atomic E-state index is -0.481. The Morgan fingerprint density at radius 2 is 1.68 bits per heavy atom. The molecule has 0 bridgehead atoms. The van der Waals surface area contributed by atoms with Crippen LogP contribution >= 0.6 is 0 Å². The summed E-state index contributed by atoms with van der Waals surface area (Å²) in [7, 11) is 0. The minimum absolute atomic E-state index is 0.400. The summed E-state index contributed by atoms with van der Waals surface area (Å²) in [6.45, 7) is 2.94. The van der Waals surface area contributed by atoms with Crippen LogP contribution in [0.15, 0.2) is 55.1 Å². The lowest BCUT2D eigenvalue weighted by Gasteiger charge is -2.35. The SMILES string of the molecule is NC(=O)c1ccc(N2CCN(c3nc(N)c4ccn(-c5ccncc5)c4n3)CC2)nc1. The van der Waals surface area contributed by atoms with Crippen molar-refractivity contribution in [2.75, 3.05) is 41.7 Å². The first kappa shape index (κ1) is 18.8. The average Bonchev–Trinajstić information content (AvgIpc) is 3.24. The lowest BCUT2D eigenvalue weighted by molar-refractivity contribution is 0.1000. The molecule has 0 unspecified atom stereocenters. The van der Waals surface area contributed by atoms with Gasteiger partial charge in [0.15, 0.2) is 5.65 Å². The average molecular weight is 415 g/mol. The number of hydrogen-bond donors (Lipinski definition) is 2. The van der Waals surface area contributed by atoms with Crippen LogP contribution in [0, 0.1) is 0 Å². The molecule has 0 atom stereocenters. The van der Waals surface area contributed by atoms with Gasteiger partial charge in [0, 0.05) is 51.0 Å². The molecule has 0 aromatic carbocycles. The molecule has 1 amide bonds. The van der Waals surface area contributed by atoms with E-state index in [4.69, 9.17) is 16.5 Å². The van der Waals surface area contributed by atoms with Crippen molar-refractivity contribution in [2.45, 2.75) is 0 Å². The Balaban J connectivity index is 1.37. The van der Waals surface area contributed by atoms with Crippen LogP contribution in [0.5, 0.6) is 0 Å². The van der Waals surface area contributed by atoms with E-state index in [0.717, 1.165) is 48.7 Å². The number of rotatable bonds is 4. The molecular formula is C21H21N9O. The van der Waals surface area contributed by atoms with E-state index in [1.807, 2.05) is 35.0 Å². The van der Waals surface area contributed by atoms with Gasteiger partial charge in [-0.15, -0.1) is 0 Å². The second-order valence-electron chi connectivity index (χ2n) is 7.28. The van der Waals surface area contributed by atoms with Crippen molar-refractivity contribution < 1.29 is 4.79 Å². The lowest BCUT2D eigenvalue weighted by Crippen LogP contribution is -2.47. The second kappa shape index (κ2) is 7.56. The predicted octanol–water partition coefficient (Wildman–Crippen LogP) is 1.22. The summed E-state index contributed by atoms with van der Waals surface area (Å²) in [5.41, 5.74) is 13.7. The molecule has 5 heterocycles. The summed E-state index contributed by atoms with van der Waals surface area (Å²) >= 11 is 0. The van der Waals surface area contributed by atoms with Gasteiger partial charge in [-0.3, -0.25) is 9.78 Å². The van der Waals surface area contributed by atoms with Gasteiger partial charge in [0.05, 0.1) is 16.6 Å². The normalized spacial score (nSPS) is 14.2. The van der Waals surface area contributed by atoms with Crippen LogP contribution in [0.3, 0.4) is 0 Å². The molecule has 1 saturated heterocycles. The van der Waals surface area contributed by atoms with E-state index in [1.165, 1.54) is 6.20 Å². The summed E-state index contributed by atoms with van der Waals surface area (Å²) in [6.07, 6.45) is 6.94. The van der Waals surface area contributed by atoms with Crippen LogP contribution in [0.1, 0.15) is 10.4 Å². The number of aromatic nitrogens is 5. The van der Waals surface area contributed by atoms with E-state index in [1.54, 1.807) is 18.5 Å². The van der Waals surface area contributed by atoms with Crippen LogP contribution in [-0.4, -0.2) is 56.6 Å². The van der Waals surface area contributed by atoms with Crippen molar-refractivity contribution in [3.63, 3.8) is 0 Å². The number of carbonyl (C=O) groups is 1. The van der Waals surface area contributed by atoms with Crippen molar-refractivity contribution in [2.24, 2.45) is 5.73 Å². The maximum absolute atomic E-state index is 11.2. The summed E-state index contributed by atoms with van der Waals surface area (Å²) < 4.78 is 1.99. The first-order valence-corrected chi connectivity index (χ1v) is 9.91. The molecule has 0 aliphatic carbocycles. The smallest absolute Gasteiger partial charge is 0.250 e. The number of amides is 1. The van der Waals surface area contributed by atoms with Gasteiger partial charge < -0.3 is 25.8 Å². The van der Waals surface area contributed by atoms with Crippen molar-refractivity contribution in [3.8, 4) is 5.69 Å². The maximum atomic E-state index is 11.2. The molecule has 10 nitrogen and oxygen atoms in total. The Hall–Kier alpha value is -4.21. The van der Waals surface area contributed by atoms with Crippen LogP contribution in [0.4, 0.5) is 17.6 Å². The number of nitrogens with zero attached hydrogens (tertiary/aromatic N) is 7. The molecule has 156 valence electrons. The number of hydrogen-bond acceptors (Lipinski definition) is 8. The van der Waals surface area contributed by atoms with Crippen molar-refractivity contribution in [3.05, 3.63) is 60.7 Å². The zero-order chi connectivity index (χ0) is 21.4. The number of fused-ring (bicyclic) bond motifs is 1. The van der Waals surface area contributed by atoms with Gasteiger partial charge in [-0.05, 0) is 30.3 Å². The minimum Gasteiger partial charge on any atom is -0.383 e. The third-order valence-electron chi connectivity index (χ3n) is 5.42. The number of nitrogen functional groups attached to an aromatic ring is 1.